The van der Waals surface area contributed by atoms with E-state index in [4.69, 9.17) is 4.74 Å². The maximum atomic E-state index is 12.2. The summed E-state index contributed by atoms with van der Waals surface area (Å²) in [6.07, 6.45) is 1.36. The van der Waals surface area contributed by atoms with Crippen molar-refractivity contribution in [3.63, 3.8) is 0 Å². The van der Waals surface area contributed by atoms with Gasteiger partial charge in [0.05, 0.1) is 17.8 Å². The van der Waals surface area contributed by atoms with Gasteiger partial charge in [-0.15, -0.1) is 11.3 Å². The number of hydrogen-bond donors (Lipinski definition) is 1. The maximum absolute atomic E-state index is 12.2. The fourth-order valence-electron chi connectivity index (χ4n) is 1.72. The van der Waals surface area contributed by atoms with E-state index < -0.39 is 10.0 Å². The van der Waals surface area contributed by atoms with E-state index in [1.807, 2.05) is 6.92 Å². The standard InChI is InChI=1S/C13H15BrN2O3S2/c1-3-19-12-5-4-11(6-10(12)7-14)16-21(17,18)13-8-15-9(2)20-13/h4-6,8,16H,3,7H2,1-2H3. The summed E-state index contributed by atoms with van der Waals surface area (Å²) in [5.41, 5.74) is 1.39. The van der Waals surface area contributed by atoms with Crippen LogP contribution < -0.4 is 9.46 Å². The Morgan fingerprint density at radius 3 is 2.76 bits per heavy atom. The molecule has 2 rings (SSSR count). The van der Waals surface area contributed by atoms with Crippen molar-refractivity contribution in [3.8, 4) is 5.75 Å². The molecule has 0 fully saturated rings. The molecular formula is C13H15BrN2O3S2. The van der Waals surface area contributed by atoms with Crippen LogP contribution in [0.3, 0.4) is 0 Å². The van der Waals surface area contributed by atoms with Crippen molar-refractivity contribution in [1.82, 2.24) is 4.98 Å². The SMILES string of the molecule is CCOc1ccc(NS(=O)(=O)c2cnc(C)s2)cc1CBr. The van der Waals surface area contributed by atoms with E-state index >= 15 is 0 Å². The molecule has 21 heavy (non-hydrogen) atoms. The molecule has 1 aromatic heterocycles. The number of halogens is 1. The summed E-state index contributed by atoms with van der Waals surface area (Å²) in [4.78, 5) is 3.97. The summed E-state index contributed by atoms with van der Waals surface area (Å²) in [6, 6.07) is 5.20. The Morgan fingerprint density at radius 2 is 2.19 bits per heavy atom. The molecule has 0 saturated carbocycles. The van der Waals surface area contributed by atoms with Crippen molar-refractivity contribution in [2.45, 2.75) is 23.4 Å². The molecule has 0 saturated heterocycles. The highest BCUT2D eigenvalue weighted by Crippen LogP contribution is 2.27. The van der Waals surface area contributed by atoms with E-state index in [1.54, 1.807) is 25.1 Å². The molecule has 2 aromatic rings. The zero-order valence-electron chi connectivity index (χ0n) is 11.6. The quantitative estimate of drug-likeness (QED) is 0.765. The van der Waals surface area contributed by atoms with Gasteiger partial charge in [-0.1, -0.05) is 15.9 Å². The first-order valence-corrected chi connectivity index (χ1v) is 9.65. The minimum Gasteiger partial charge on any atom is -0.494 e. The van der Waals surface area contributed by atoms with Gasteiger partial charge >= 0.3 is 0 Å². The Balaban J connectivity index is 2.27. The number of aromatic nitrogens is 1. The first-order valence-electron chi connectivity index (χ1n) is 6.23. The lowest BCUT2D eigenvalue weighted by Crippen LogP contribution is -2.11. The summed E-state index contributed by atoms with van der Waals surface area (Å²) in [5, 5.41) is 1.29. The van der Waals surface area contributed by atoms with Crippen LogP contribution in [0.2, 0.25) is 0 Å². The fraction of sp³-hybridized carbons (Fsp3) is 0.308. The molecule has 1 N–H and O–H groups in total. The van der Waals surface area contributed by atoms with Crippen LogP contribution in [0.4, 0.5) is 5.69 Å². The molecule has 0 bridgehead atoms. The van der Waals surface area contributed by atoms with Crippen LogP contribution in [0.25, 0.3) is 0 Å². The first kappa shape index (κ1) is 16.3. The number of aryl methyl sites for hydroxylation is 1. The predicted octanol–water partition coefficient (Wildman–Crippen LogP) is 3.55. The van der Waals surface area contributed by atoms with E-state index in [1.165, 1.54) is 6.20 Å². The number of ether oxygens (including phenoxy) is 1. The first-order chi connectivity index (χ1) is 9.96. The van der Waals surface area contributed by atoms with Crippen molar-refractivity contribution < 1.29 is 13.2 Å². The number of hydrogen-bond acceptors (Lipinski definition) is 5. The van der Waals surface area contributed by atoms with Crippen LogP contribution >= 0.6 is 27.3 Å². The lowest BCUT2D eigenvalue weighted by atomic mass is 10.2. The zero-order chi connectivity index (χ0) is 15.5. The highest BCUT2D eigenvalue weighted by molar-refractivity contribution is 9.08. The third-order valence-electron chi connectivity index (χ3n) is 2.62. The molecule has 0 radical (unpaired) electrons. The molecule has 114 valence electrons. The van der Waals surface area contributed by atoms with Gasteiger partial charge in [0.2, 0.25) is 0 Å². The van der Waals surface area contributed by atoms with Crippen LogP contribution in [0.5, 0.6) is 5.75 Å². The topological polar surface area (TPSA) is 68.3 Å². The van der Waals surface area contributed by atoms with Crippen LogP contribution in [0, 0.1) is 6.92 Å². The molecule has 8 heteroatoms. The van der Waals surface area contributed by atoms with Gasteiger partial charge in [-0.05, 0) is 32.0 Å². The van der Waals surface area contributed by atoms with Crippen molar-refractivity contribution in [1.29, 1.82) is 0 Å². The number of nitrogens with one attached hydrogen (secondary N) is 1. The van der Waals surface area contributed by atoms with E-state index in [0.29, 0.717) is 22.6 Å². The molecule has 1 aromatic carbocycles. The summed E-state index contributed by atoms with van der Waals surface area (Å²) in [6.45, 7) is 4.23. The van der Waals surface area contributed by atoms with Gasteiger partial charge in [-0.25, -0.2) is 13.4 Å². The second kappa shape index (κ2) is 6.76. The Bertz CT molecular complexity index is 729. The van der Waals surface area contributed by atoms with Gasteiger partial charge in [0, 0.05) is 16.6 Å². The normalized spacial score (nSPS) is 11.4. The Labute approximate surface area is 136 Å². The molecule has 0 aliphatic carbocycles. The number of nitrogens with zero attached hydrogens (tertiary/aromatic N) is 1. The smallest absolute Gasteiger partial charge is 0.273 e. The Morgan fingerprint density at radius 1 is 1.43 bits per heavy atom. The number of anilines is 1. The van der Waals surface area contributed by atoms with Gasteiger partial charge < -0.3 is 4.74 Å². The molecule has 1 heterocycles. The van der Waals surface area contributed by atoms with E-state index in [9.17, 15) is 8.42 Å². The average molecular weight is 391 g/mol. The number of benzene rings is 1. The van der Waals surface area contributed by atoms with Crippen molar-refractivity contribution in [2.24, 2.45) is 0 Å². The molecule has 0 aliphatic rings. The molecule has 0 unspecified atom stereocenters. The van der Waals surface area contributed by atoms with Crippen LogP contribution in [-0.4, -0.2) is 20.0 Å². The highest BCUT2D eigenvalue weighted by atomic mass is 79.9. The number of thiazole rings is 1. The van der Waals surface area contributed by atoms with Gasteiger partial charge in [-0.3, -0.25) is 4.72 Å². The van der Waals surface area contributed by atoms with Crippen LogP contribution in [0.15, 0.2) is 28.6 Å². The summed E-state index contributed by atoms with van der Waals surface area (Å²) in [5.74, 6) is 0.742. The lowest BCUT2D eigenvalue weighted by molar-refractivity contribution is 0.338. The molecule has 0 amide bonds. The number of sulfonamides is 1. The van der Waals surface area contributed by atoms with Gasteiger partial charge in [0.25, 0.3) is 10.0 Å². The number of alkyl halides is 1. The van der Waals surface area contributed by atoms with E-state index in [0.717, 1.165) is 22.6 Å². The lowest BCUT2D eigenvalue weighted by Gasteiger charge is -2.11. The summed E-state index contributed by atoms with van der Waals surface area (Å²) >= 11 is 4.51. The van der Waals surface area contributed by atoms with Gasteiger partial charge in [0.1, 0.15) is 5.75 Å². The zero-order valence-corrected chi connectivity index (χ0v) is 14.8. The monoisotopic (exact) mass is 390 g/mol. The molecule has 0 spiro atoms. The van der Waals surface area contributed by atoms with Crippen LogP contribution in [0.1, 0.15) is 17.5 Å². The Kier molecular flexibility index (Phi) is 5.23. The van der Waals surface area contributed by atoms with Crippen molar-refractivity contribution in [2.75, 3.05) is 11.3 Å². The van der Waals surface area contributed by atoms with Gasteiger partial charge in [-0.2, -0.15) is 0 Å². The van der Waals surface area contributed by atoms with Gasteiger partial charge in [0.15, 0.2) is 4.21 Å². The Hall–Kier alpha value is -1.12. The van der Waals surface area contributed by atoms with E-state index in [2.05, 4.69) is 25.6 Å². The fourth-order valence-corrected chi connectivity index (χ4v) is 4.31. The minimum atomic E-state index is -3.59. The third kappa shape index (κ3) is 3.96. The van der Waals surface area contributed by atoms with E-state index in [-0.39, 0.29) is 4.21 Å². The molecule has 0 atom stereocenters. The summed E-state index contributed by atoms with van der Waals surface area (Å²) < 4.78 is 32.7. The minimum absolute atomic E-state index is 0.203. The van der Waals surface area contributed by atoms with Crippen molar-refractivity contribution in [3.05, 3.63) is 35.0 Å². The molecule has 0 aliphatic heterocycles. The predicted molar refractivity (Wildman–Crippen MR) is 87.9 cm³/mol. The second-order valence-corrected chi connectivity index (χ2v) is 7.90. The summed E-state index contributed by atoms with van der Waals surface area (Å²) in [7, 11) is -3.59. The number of rotatable bonds is 6. The van der Waals surface area contributed by atoms with Crippen molar-refractivity contribution >= 4 is 43.0 Å². The largest absolute Gasteiger partial charge is 0.494 e. The average Bonchev–Trinajstić information content (AvgIpc) is 2.88. The third-order valence-corrected chi connectivity index (χ3v) is 5.98. The van der Waals surface area contributed by atoms with Crippen LogP contribution in [-0.2, 0) is 15.4 Å². The second-order valence-electron chi connectivity index (χ2n) is 4.19. The maximum Gasteiger partial charge on any atom is 0.273 e. The highest BCUT2D eigenvalue weighted by Gasteiger charge is 2.17. The molecule has 5 nitrogen and oxygen atoms in total. The molecular weight excluding hydrogens is 376 g/mol.